The lowest BCUT2D eigenvalue weighted by atomic mass is 10.6. The van der Waals surface area contributed by atoms with E-state index in [9.17, 15) is 4.79 Å². The molecule has 0 amide bonds. The van der Waals surface area contributed by atoms with E-state index in [1.807, 2.05) is 0 Å². The lowest BCUT2D eigenvalue weighted by Gasteiger charge is -1.86. The quantitative estimate of drug-likeness (QED) is 0.662. The molecule has 0 aromatic carbocycles. The highest BCUT2D eigenvalue weighted by Crippen LogP contribution is 1.99. The van der Waals surface area contributed by atoms with Crippen LogP contribution in [-0.2, 0) is 4.79 Å². The zero-order valence-corrected chi connectivity index (χ0v) is 9.12. The third kappa shape index (κ3) is 54.8. The molecular formula is C6H12Br2O. The maximum atomic E-state index is 9.44. The predicted molar refractivity (Wildman–Crippen MR) is 48.5 cm³/mol. The van der Waals surface area contributed by atoms with Crippen LogP contribution in [-0.4, -0.2) is 15.9 Å². The molecule has 1 nitrogen and oxygen atoms in total. The molecule has 0 aliphatic heterocycles. The van der Waals surface area contributed by atoms with Crippen molar-refractivity contribution >= 4 is 37.6 Å². The minimum atomic E-state index is 0.167. The number of carbonyl (C=O) groups excluding carboxylic acids is 1. The van der Waals surface area contributed by atoms with E-state index < -0.39 is 0 Å². The van der Waals surface area contributed by atoms with Crippen LogP contribution < -0.4 is 0 Å². The first-order valence-corrected chi connectivity index (χ1v) is 4.71. The summed E-state index contributed by atoms with van der Waals surface area (Å²) in [4.78, 5) is 10.1. The average molecular weight is 260 g/mol. The van der Waals surface area contributed by atoms with Gasteiger partial charge in [0.2, 0.25) is 0 Å². The van der Waals surface area contributed by atoms with Crippen LogP contribution in [0.1, 0.15) is 20.8 Å². The number of halogens is 2. The Morgan fingerprint density at radius 1 is 1.56 bits per heavy atom. The zero-order chi connectivity index (χ0) is 7.86. The van der Waals surface area contributed by atoms with Crippen LogP contribution in [0.15, 0.2) is 0 Å². The molecule has 0 heterocycles. The summed E-state index contributed by atoms with van der Waals surface area (Å²) in [5, 5.41) is 1.03. The van der Waals surface area contributed by atoms with Crippen LogP contribution in [0.5, 0.6) is 0 Å². The van der Waals surface area contributed by atoms with Gasteiger partial charge in [0.25, 0.3) is 0 Å². The summed E-state index contributed by atoms with van der Waals surface area (Å²) in [5.74, 6) is 0.167. The number of alkyl halides is 2. The van der Waals surface area contributed by atoms with E-state index in [0.717, 1.165) is 5.33 Å². The van der Waals surface area contributed by atoms with Gasteiger partial charge in [0.15, 0.2) is 0 Å². The van der Waals surface area contributed by atoms with E-state index >= 15 is 0 Å². The van der Waals surface area contributed by atoms with Gasteiger partial charge in [-0.1, -0.05) is 38.8 Å². The Balaban J connectivity index is 0. The van der Waals surface area contributed by atoms with Gasteiger partial charge in [0.1, 0.15) is 5.78 Å². The molecular weight excluding hydrogens is 248 g/mol. The van der Waals surface area contributed by atoms with E-state index in [4.69, 9.17) is 0 Å². The number of hydrogen-bond donors (Lipinski definition) is 0. The molecule has 1 atom stereocenters. The number of rotatable bonds is 1. The molecule has 0 spiro atoms. The number of ketones is 1. The van der Waals surface area contributed by atoms with Gasteiger partial charge in [-0.3, -0.25) is 0 Å². The molecule has 1 unspecified atom stereocenters. The summed E-state index contributed by atoms with van der Waals surface area (Å²) in [6.45, 7) is 5.15. The second-order valence-electron chi connectivity index (χ2n) is 1.84. The van der Waals surface area contributed by atoms with Crippen molar-refractivity contribution in [3.05, 3.63) is 0 Å². The van der Waals surface area contributed by atoms with Gasteiger partial charge in [-0.15, -0.1) is 0 Å². The maximum Gasteiger partial charge on any atom is 0.126 e. The van der Waals surface area contributed by atoms with Gasteiger partial charge in [-0.2, -0.15) is 0 Å². The first-order valence-electron chi connectivity index (χ1n) is 2.68. The second-order valence-corrected chi connectivity index (χ2v) is 4.05. The van der Waals surface area contributed by atoms with Crippen molar-refractivity contribution in [2.75, 3.05) is 5.33 Å². The third-order valence-corrected chi connectivity index (χ3v) is 2.38. The summed E-state index contributed by atoms with van der Waals surface area (Å²) in [5.41, 5.74) is 0. The highest BCUT2D eigenvalue weighted by molar-refractivity contribution is 9.12. The van der Waals surface area contributed by atoms with Crippen LogP contribution in [0.3, 0.4) is 0 Å². The molecule has 0 radical (unpaired) electrons. The van der Waals surface area contributed by atoms with Gasteiger partial charge in [0, 0.05) is 10.2 Å². The Kier molecular flexibility index (Phi) is 11.8. The van der Waals surface area contributed by atoms with Crippen molar-refractivity contribution in [3.63, 3.8) is 0 Å². The van der Waals surface area contributed by atoms with Crippen LogP contribution in [0.2, 0.25) is 0 Å². The van der Waals surface area contributed by atoms with Crippen LogP contribution in [0.4, 0.5) is 0 Å². The highest BCUT2D eigenvalue weighted by atomic mass is 79.9. The van der Waals surface area contributed by atoms with E-state index in [2.05, 4.69) is 38.8 Å². The van der Waals surface area contributed by atoms with E-state index in [1.54, 1.807) is 0 Å². The maximum absolute atomic E-state index is 9.44. The van der Waals surface area contributed by atoms with E-state index in [0.29, 0.717) is 4.83 Å². The molecule has 9 heavy (non-hydrogen) atoms. The van der Waals surface area contributed by atoms with Crippen molar-refractivity contribution in [1.82, 2.24) is 0 Å². The first-order chi connectivity index (χ1) is 4.00. The molecule has 0 N–H and O–H groups in total. The van der Waals surface area contributed by atoms with E-state index in [1.165, 1.54) is 13.8 Å². The van der Waals surface area contributed by atoms with Crippen molar-refractivity contribution in [2.45, 2.75) is 25.6 Å². The normalized spacial score (nSPS) is 11.2. The molecule has 0 aromatic heterocycles. The fourth-order valence-electron chi connectivity index (χ4n) is 0. The zero-order valence-electron chi connectivity index (χ0n) is 5.95. The lowest BCUT2D eigenvalue weighted by molar-refractivity contribution is -0.114. The predicted octanol–water partition coefficient (Wildman–Crippen LogP) is 2.76. The number of hydrogen-bond acceptors (Lipinski definition) is 1. The summed E-state index contributed by atoms with van der Waals surface area (Å²) in [7, 11) is 0. The van der Waals surface area contributed by atoms with Gasteiger partial charge in [0.05, 0.1) is 0 Å². The Labute approximate surface area is 73.5 Å². The molecule has 0 aromatic rings. The molecule has 56 valence electrons. The second kappa shape index (κ2) is 8.63. The van der Waals surface area contributed by atoms with Crippen LogP contribution >= 0.6 is 31.9 Å². The number of Topliss-reactive ketones (excluding diaryl/α,β-unsaturated/α-hetero) is 1. The molecule has 0 aliphatic rings. The fraction of sp³-hybridized carbons (Fsp3) is 0.833. The largest absolute Gasteiger partial charge is 0.300 e. The molecule has 0 rings (SSSR count). The highest BCUT2D eigenvalue weighted by Gasteiger charge is 1.84. The first kappa shape index (κ1) is 12.3. The minimum Gasteiger partial charge on any atom is -0.300 e. The van der Waals surface area contributed by atoms with Crippen molar-refractivity contribution in [3.8, 4) is 0 Å². The fourth-order valence-corrected chi connectivity index (χ4v) is 0. The summed E-state index contributed by atoms with van der Waals surface area (Å²) in [6.07, 6.45) is 0. The Hall–Kier alpha value is 0.630. The van der Waals surface area contributed by atoms with Crippen molar-refractivity contribution < 1.29 is 4.79 Å². The Morgan fingerprint density at radius 3 is 1.67 bits per heavy atom. The Bertz CT molecular complexity index is 67.5. The smallest absolute Gasteiger partial charge is 0.126 e. The SMILES string of the molecule is CC(Br)CBr.CC(C)=O. The summed E-state index contributed by atoms with van der Waals surface area (Å²) >= 11 is 6.59. The van der Waals surface area contributed by atoms with E-state index in [-0.39, 0.29) is 5.78 Å². The number of carbonyl (C=O) groups is 1. The molecule has 0 saturated carbocycles. The molecule has 0 saturated heterocycles. The molecule has 0 fully saturated rings. The lowest BCUT2D eigenvalue weighted by Crippen LogP contribution is -1.85. The average Bonchev–Trinajstić information content (AvgIpc) is 1.65. The van der Waals surface area contributed by atoms with Crippen molar-refractivity contribution in [1.29, 1.82) is 0 Å². The van der Waals surface area contributed by atoms with Crippen LogP contribution in [0, 0.1) is 0 Å². The minimum absolute atomic E-state index is 0.167. The van der Waals surface area contributed by atoms with Gasteiger partial charge in [-0.25, -0.2) is 0 Å². The monoisotopic (exact) mass is 258 g/mol. The third-order valence-electron chi connectivity index (χ3n) is 0.213. The standard InChI is InChI=1S/C3H6Br2.C3H6O/c1-3(5)2-4;1-3(2)4/h3H,2H2,1H3;1-2H3. The van der Waals surface area contributed by atoms with Gasteiger partial charge in [-0.05, 0) is 13.8 Å². The topological polar surface area (TPSA) is 17.1 Å². The van der Waals surface area contributed by atoms with Crippen molar-refractivity contribution in [2.24, 2.45) is 0 Å². The molecule has 0 bridgehead atoms. The van der Waals surface area contributed by atoms with Gasteiger partial charge < -0.3 is 4.79 Å². The summed E-state index contributed by atoms with van der Waals surface area (Å²) in [6, 6.07) is 0. The summed E-state index contributed by atoms with van der Waals surface area (Å²) < 4.78 is 0. The van der Waals surface area contributed by atoms with Crippen LogP contribution in [0.25, 0.3) is 0 Å². The Morgan fingerprint density at radius 2 is 1.67 bits per heavy atom. The van der Waals surface area contributed by atoms with Gasteiger partial charge >= 0.3 is 0 Å². The molecule has 0 aliphatic carbocycles. The molecule has 3 heteroatoms.